The van der Waals surface area contributed by atoms with Gasteiger partial charge in [-0.2, -0.15) is 0 Å². The molecular formula is C19H18N2O3S. The van der Waals surface area contributed by atoms with E-state index in [1.54, 1.807) is 23.6 Å². The molecule has 1 heterocycles. The smallest absolute Gasteiger partial charge is 0.318 e. The molecule has 3 rings (SSSR count). The van der Waals surface area contributed by atoms with Crippen LogP contribution in [0.4, 0.5) is 0 Å². The number of carbonyl (C=O) groups excluding carboxylic acids is 1. The van der Waals surface area contributed by atoms with E-state index < -0.39 is 5.25 Å². The minimum atomic E-state index is -0.458. The molecule has 0 aliphatic rings. The first-order valence-electron chi connectivity index (χ1n) is 7.88. The van der Waals surface area contributed by atoms with Gasteiger partial charge in [-0.1, -0.05) is 54.2 Å². The van der Waals surface area contributed by atoms with E-state index >= 15 is 0 Å². The average molecular weight is 354 g/mol. The Labute approximate surface area is 149 Å². The van der Waals surface area contributed by atoms with Gasteiger partial charge in [-0.05, 0) is 24.6 Å². The maximum absolute atomic E-state index is 13.0. The van der Waals surface area contributed by atoms with Crippen molar-refractivity contribution in [2.45, 2.75) is 23.9 Å². The topological polar surface area (TPSA) is 61.2 Å². The van der Waals surface area contributed by atoms with Crippen LogP contribution >= 0.6 is 11.8 Å². The fourth-order valence-corrected chi connectivity index (χ4v) is 3.45. The van der Waals surface area contributed by atoms with E-state index in [2.05, 4.69) is 4.98 Å². The molecule has 5 nitrogen and oxygen atoms in total. The number of methoxy groups -OCH3 is 1. The first kappa shape index (κ1) is 17.2. The maximum Gasteiger partial charge on any atom is 0.318 e. The van der Waals surface area contributed by atoms with E-state index in [0.29, 0.717) is 22.6 Å². The third-order valence-electron chi connectivity index (χ3n) is 3.83. The number of rotatable bonds is 5. The number of para-hydroxylation sites is 1. The average Bonchev–Trinajstić information content (AvgIpc) is 2.65. The van der Waals surface area contributed by atoms with Crippen LogP contribution in [-0.4, -0.2) is 27.9 Å². The highest BCUT2D eigenvalue weighted by Crippen LogP contribution is 2.23. The largest absolute Gasteiger partial charge is 0.468 e. The Bertz CT molecular complexity index is 954. The van der Waals surface area contributed by atoms with Crippen LogP contribution in [0, 0.1) is 0 Å². The van der Waals surface area contributed by atoms with Crippen molar-refractivity contribution in [3.05, 3.63) is 70.5 Å². The van der Waals surface area contributed by atoms with Crippen molar-refractivity contribution < 1.29 is 9.53 Å². The zero-order chi connectivity index (χ0) is 17.8. The van der Waals surface area contributed by atoms with Crippen LogP contribution in [0.15, 0.2) is 64.5 Å². The summed E-state index contributed by atoms with van der Waals surface area (Å²) in [5.41, 5.74) is 1.50. The van der Waals surface area contributed by atoms with Gasteiger partial charge in [0, 0.05) is 0 Å². The zero-order valence-electron chi connectivity index (χ0n) is 14.0. The van der Waals surface area contributed by atoms with Gasteiger partial charge in [0.2, 0.25) is 0 Å². The van der Waals surface area contributed by atoms with Crippen LogP contribution in [0.25, 0.3) is 10.9 Å². The predicted octanol–water partition coefficient (Wildman–Crippen LogP) is 3.10. The Kier molecular flexibility index (Phi) is 5.19. The number of thioether (sulfide) groups is 1. The Balaban J connectivity index is 2.10. The third-order valence-corrected chi connectivity index (χ3v) is 4.89. The van der Waals surface area contributed by atoms with Crippen LogP contribution in [0.5, 0.6) is 0 Å². The van der Waals surface area contributed by atoms with Crippen LogP contribution < -0.4 is 5.56 Å². The molecule has 0 fully saturated rings. The molecule has 0 N–H and O–H groups in total. The number of benzene rings is 2. The minimum Gasteiger partial charge on any atom is -0.468 e. The second kappa shape index (κ2) is 7.53. The molecule has 25 heavy (non-hydrogen) atoms. The van der Waals surface area contributed by atoms with Gasteiger partial charge in [-0.25, -0.2) is 4.98 Å². The van der Waals surface area contributed by atoms with Gasteiger partial charge in [0.1, 0.15) is 5.25 Å². The van der Waals surface area contributed by atoms with Crippen molar-refractivity contribution in [3.63, 3.8) is 0 Å². The molecule has 0 aliphatic carbocycles. The SMILES string of the molecule is COC(=O)C(C)Sc1nc2ccccc2c(=O)n1Cc1ccccc1. The Morgan fingerprint density at radius 2 is 1.84 bits per heavy atom. The van der Waals surface area contributed by atoms with E-state index in [9.17, 15) is 9.59 Å². The first-order chi connectivity index (χ1) is 12.1. The lowest BCUT2D eigenvalue weighted by Crippen LogP contribution is -2.25. The lowest BCUT2D eigenvalue weighted by molar-refractivity contribution is -0.139. The quantitative estimate of drug-likeness (QED) is 0.400. The predicted molar refractivity (Wildman–Crippen MR) is 98.9 cm³/mol. The van der Waals surface area contributed by atoms with Crippen molar-refractivity contribution in [2.75, 3.05) is 7.11 Å². The summed E-state index contributed by atoms with van der Waals surface area (Å²) in [6, 6.07) is 16.9. The molecule has 0 aliphatic heterocycles. The standard InChI is InChI=1S/C19H18N2O3S/c1-13(18(23)24-2)25-19-20-16-11-7-6-10-15(16)17(22)21(19)12-14-8-4-3-5-9-14/h3-11,13H,12H2,1-2H3. The van der Waals surface area contributed by atoms with E-state index in [0.717, 1.165) is 5.56 Å². The van der Waals surface area contributed by atoms with Crippen LogP contribution in [0.2, 0.25) is 0 Å². The zero-order valence-corrected chi connectivity index (χ0v) is 14.8. The molecule has 0 saturated heterocycles. The summed E-state index contributed by atoms with van der Waals surface area (Å²) in [5.74, 6) is -0.348. The van der Waals surface area contributed by atoms with Crippen molar-refractivity contribution in [2.24, 2.45) is 0 Å². The summed E-state index contributed by atoms with van der Waals surface area (Å²) >= 11 is 1.23. The van der Waals surface area contributed by atoms with Crippen LogP contribution in [0.3, 0.4) is 0 Å². The van der Waals surface area contributed by atoms with E-state index in [-0.39, 0.29) is 11.5 Å². The highest BCUT2D eigenvalue weighted by Gasteiger charge is 2.19. The molecule has 6 heteroatoms. The summed E-state index contributed by atoms with van der Waals surface area (Å²) in [6.45, 7) is 2.14. The second-order valence-electron chi connectivity index (χ2n) is 5.57. The Morgan fingerprint density at radius 3 is 2.56 bits per heavy atom. The number of carbonyl (C=O) groups is 1. The molecule has 0 radical (unpaired) electrons. The molecule has 0 bridgehead atoms. The van der Waals surface area contributed by atoms with Crippen LogP contribution in [-0.2, 0) is 16.1 Å². The number of hydrogen-bond acceptors (Lipinski definition) is 5. The Morgan fingerprint density at radius 1 is 1.16 bits per heavy atom. The fourth-order valence-electron chi connectivity index (χ4n) is 2.52. The lowest BCUT2D eigenvalue weighted by Gasteiger charge is -2.15. The van der Waals surface area contributed by atoms with Gasteiger partial charge >= 0.3 is 5.97 Å². The summed E-state index contributed by atoms with van der Waals surface area (Å²) < 4.78 is 6.40. The minimum absolute atomic E-state index is 0.117. The number of hydrogen-bond donors (Lipinski definition) is 0. The van der Waals surface area contributed by atoms with E-state index in [4.69, 9.17) is 4.74 Å². The molecule has 0 saturated carbocycles. The summed E-state index contributed by atoms with van der Waals surface area (Å²) in [5, 5.41) is 0.610. The highest BCUT2D eigenvalue weighted by molar-refractivity contribution is 8.00. The molecule has 1 atom stereocenters. The van der Waals surface area contributed by atoms with Gasteiger partial charge in [-0.3, -0.25) is 14.2 Å². The molecule has 0 spiro atoms. The first-order valence-corrected chi connectivity index (χ1v) is 8.76. The second-order valence-corrected chi connectivity index (χ2v) is 6.88. The summed E-state index contributed by atoms with van der Waals surface area (Å²) in [6.07, 6.45) is 0. The van der Waals surface area contributed by atoms with Gasteiger partial charge in [-0.15, -0.1) is 0 Å². The monoisotopic (exact) mass is 354 g/mol. The number of ether oxygens (including phenoxy) is 1. The molecule has 1 aromatic heterocycles. The van der Waals surface area contributed by atoms with Crippen molar-refractivity contribution in [3.8, 4) is 0 Å². The van der Waals surface area contributed by atoms with Crippen molar-refractivity contribution in [1.82, 2.24) is 9.55 Å². The molecule has 128 valence electrons. The molecule has 3 aromatic rings. The lowest BCUT2D eigenvalue weighted by atomic mass is 10.2. The van der Waals surface area contributed by atoms with Gasteiger partial charge in [0.25, 0.3) is 5.56 Å². The summed E-state index contributed by atoms with van der Waals surface area (Å²) in [7, 11) is 1.35. The number of fused-ring (bicyclic) bond motifs is 1. The van der Waals surface area contributed by atoms with Crippen molar-refractivity contribution in [1.29, 1.82) is 0 Å². The van der Waals surface area contributed by atoms with Gasteiger partial charge in [0.05, 0.1) is 24.6 Å². The Hall–Kier alpha value is -2.60. The normalized spacial score (nSPS) is 12.1. The number of nitrogens with zero attached hydrogens (tertiary/aromatic N) is 2. The van der Waals surface area contributed by atoms with Gasteiger partial charge < -0.3 is 4.74 Å². The molecule has 1 unspecified atom stereocenters. The third kappa shape index (κ3) is 3.74. The molecular weight excluding hydrogens is 336 g/mol. The van der Waals surface area contributed by atoms with Crippen LogP contribution in [0.1, 0.15) is 12.5 Å². The molecule has 2 aromatic carbocycles. The van der Waals surface area contributed by atoms with E-state index in [1.165, 1.54) is 18.9 Å². The van der Waals surface area contributed by atoms with E-state index in [1.807, 2.05) is 42.5 Å². The van der Waals surface area contributed by atoms with Gasteiger partial charge in [0.15, 0.2) is 5.16 Å². The highest BCUT2D eigenvalue weighted by atomic mass is 32.2. The number of esters is 1. The summed E-state index contributed by atoms with van der Waals surface area (Å²) in [4.78, 5) is 29.4. The van der Waals surface area contributed by atoms with Crippen molar-refractivity contribution >= 4 is 28.6 Å². The fraction of sp³-hybridized carbons (Fsp3) is 0.211. The molecule has 0 amide bonds. The number of aromatic nitrogens is 2. The maximum atomic E-state index is 13.0.